The van der Waals surface area contributed by atoms with E-state index in [0.717, 1.165) is 40.8 Å². The van der Waals surface area contributed by atoms with Crippen molar-refractivity contribution in [2.75, 3.05) is 12.4 Å². The van der Waals surface area contributed by atoms with E-state index in [0.29, 0.717) is 0 Å². The molecule has 1 fully saturated rings. The summed E-state index contributed by atoms with van der Waals surface area (Å²) in [6.45, 7) is 0.162. The predicted octanol–water partition coefficient (Wildman–Crippen LogP) is 4.89. The quantitative estimate of drug-likeness (QED) is 0.388. The van der Waals surface area contributed by atoms with Crippen LogP contribution in [-0.4, -0.2) is 33.9 Å². The SMILES string of the molecule is COC(=O)C1(c2ccc(-c3ccc(-n4cnnc4NC(=O)OCc4ccccc4)cc3)cc2)CC1. The zero-order chi connectivity index (χ0) is 24.3. The van der Waals surface area contributed by atoms with Crippen molar-refractivity contribution in [1.29, 1.82) is 0 Å². The van der Waals surface area contributed by atoms with Gasteiger partial charge in [-0.25, -0.2) is 4.79 Å². The van der Waals surface area contributed by atoms with Crippen LogP contribution in [-0.2, 0) is 26.3 Å². The molecule has 0 bridgehead atoms. The fraction of sp³-hybridized carbons (Fsp3) is 0.185. The third-order valence-electron chi connectivity index (χ3n) is 6.22. The first-order valence-electron chi connectivity index (χ1n) is 11.3. The summed E-state index contributed by atoms with van der Waals surface area (Å²) in [5.41, 5.74) is 4.25. The zero-order valence-corrected chi connectivity index (χ0v) is 19.2. The molecule has 8 nitrogen and oxygen atoms in total. The molecular weight excluding hydrogens is 444 g/mol. The van der Waals surface area contributed by atoms with Crippen LogP contribution in [0.2, 0.25) is 0 Å². The molecule has 0 atom stereocenters. The number of anilines is 1. The number of rotatable bonds is 7. The molecule has 0 saturated heterocycles. The number of benzene rings is 3. The average Bonchev–Trinajstić information content (AvgIpc) is 3.60. The first kappa shape index (κ1) is 22.3. The Morgan fingerprint density at radius 3 is 2.23 bits per heavy atom. The molecule has 0 spiro atoms. The normalized spacial score (nSPS) is 13.6. The number of esters is 1. The van der Waals surface area contributed by atoms with E-state index < -0.39 is 11.5 Å². The van der Waals surface area contributed by atoms with E-state index in [1.165, 1.54) is 13.4 Å². The Morgan fingerprint density at radius 1 is 0.943 bits per heavy atom. The number of hydrogen-bond donors (Lipinski definition) is 1. The van der Waals surface area contributed by atoms with Crippen LogP contribution in [0.1, 0.15) is 24.0 Å². The van der Waals surface area contributed by atoms with Crippen LogP contribution in [0, 0.1) is 0 Å². The lowest BCUT2D eigenvalue weighted by atomic mass is 9.94. The van der Waals surface area contributed by atoms with E-state index in [1.807, 2.05) is 78.9 Å². The highest BCUT2D eigenvalue weighted by Crippen LogP contribution is 2.49. The molecule has 4 aromatic rings. The van der Waals surface area contributed by atoms with E-state index in [2.05, 4.69) is 15.5 Å². The topological polar surface area (TPSA) is 95.3 Å². The molecule has 1 heterocycles. The molecule has 1 amide bonds. The third-order valence-corrected chi connectivity index (χ3v) is 6.22. The van der Waals surface area contributed by atoms with Crippen LogP contribution in [0.4, 0.5) is 10.7 Å². The Balaban J connectivity index is 1.26. The summed E-state index contributed by atoms with van der Waals surface area (Å²) in [7, 11) is 1.43. The first-order chi connectivity index (χ1) is 17.1. The third kappa shape index (κ3) is 4.63. The van der Waals surface area contributed by atoms with Gasteiger partial charge in [0.25, 0.3) is 0 Å². The molecule has 35 heavy (non-hydrogen) atoms. The van der Waals surface area contributed by atoms with Gasteiger partial charge in [0.1, 0.15) is 12.9 Å². The fourth-order valence-electron chi connectivity index (χ4n) is 4.09. The van der Waals surface area contributed by atoms with Crippen LogP contribution >= 0.6 is 0 Å². The second kappa shape index (κ2) is 9.42. The summed E-state index contributed by atoms with van der Waals surface area (Å²) in [6.07, 6.45) is 2.56. The molecule has 0 radical (unpaired) electrons. The number of aromatic nitrogens is 3. The largest absolute Gasteiger partial charge is 0.468 e. The summed E-state index contributed by atoms with van der Waals surface area (Å²) in [5.74, 6) is 0.0922. The molecule has 1 aliphatic carbocycles. The summed E-state index contributed by atoms with van der Waals surface area (Å²) < 4.78 is 11.9. The number of methoxy groups -OCH3 is 1. The maximum Gasteiger partial charge on any atom is 0.414 e. The number of nitrogens with zero attached hydrogens (tertiary/aromatic N) is 3. The monoisotopic (exact) mass is 468 g/mol. The lowest BCUT2D eigenvalue weighted by molar-refractivity contribution is -0.143. The molecule has 0 aliphatic heterocycles. The molecule has 1 saturated carbocycles. The van der Waals surface area contributed by atoms with Gasteiger partial charge in [-0.2, -0.15) is 0 Å². The summed E-state index contributed by atoms with van der Waals surface area (Å²) in [6, 6.07) is 25.3. The molecular formula is C27H24N4O4. The lowest BCUT2D eigenvalue weighted by Gasteiger charge is -2.14. The van der Waals surface area contributed by atoms with E-state index >= 15 is 0 Å². The van der Waals surface area contributed by atoms with E-state index in [1.54, 1.807) is 4.57 Å². The smallest absolute Gasteiger partial charge is 0.414 e. The van der Waals surface area contributed by atoms with Gasteiger partial charge in [0.2, 0.25) is 5.95 Å². The Hall–Kier alpha value is -4.46. The molecule has 1 aliphatic rings. The van der Waals surface area contributed by atoms with Crippen LogP contribution < -0.4 is 5.32 Å². The van der Waals surface area contributed by atoms with Crippen molar-refractivity contribution >= 4 is 18.0 Å². The van der Waals surface area contributed by atoms with Crippen molar-refractivity contribution in [2.24, 2.45) is 0 Å². The van der Waals surface area contributed by atoms with Crippen LogP contribution in [0.5, 0.6) is 0 Å². The minimum atomic E-state index is -0.611. The van der Waals surface area contributed by atoms with Gasteiger partial charge in [-0.05, 0) is 47.2 Å². The molecule has 176 valence electrons. The lowest BCUT2D eigenvalue weighted by Crippen LogP contribution is -2.21. The Morgan fingerprint density at radius 2 is 1.60 bits per heavy atom. The highest BCUT2D eigenvalue weighted by Gasteiger charge is 2.52. The summed E-state index contributed by atoms with van der Waals surface area (Å²) in [4.78, 5) is 24.4. The highest BCUT2D eigenvalue weighted by atomic mass is 16.5. The second-order valence-corrected chi connectivity index (χ2v) is 8.41. The molecule has 5 rings (SSSR count). The number of ether oxygens (including phenoxy) is 2. The van der Waals surface area contributed by atoms with Crippen molar-refractivity contribution in [3.63, 3.8) is 0 Å². The molecule has 1 aromatic heterocycles. The van der Waals surface area contributed by atoms with E-state index in [4.69, 9.17) is 9.47 Å². The van der Waals surface area contributed by atoms with E-state index in [9.17, 15) is 9.59 Å². The standard InChI is InChI=1S/C27H24N4O4/c1-34-24(32)27(15-16-27)22-11-7-20(8-12-22)21-9-13-23(14-10-21)31-18-28-30-25(31)29-26(33)35-17-19-5-3-2-4-6-19/h2-14,18H,15-17H2,1H3,(H,29,30,33). The second-order valence-electron chi connectivity index (χ2n) is 8.41. The van der Waals surface area contributed by atoms with Gasteiger partial charge >= 0.3 is 12.1 Å². The van der Waals surface area contributed by atoms with Crippen molar-refractivity contribution in [2.45, 2.75) is 24.9 Å². The highest BCUT2D eigenvalue weighted by molar-refractivity contribution is 5.87. The Labute approximate surface area is 202 Å². The van der Waals surface area contributed by atoms with Crippen LogP contribution in [0.25, 0.3) is 16.8 Å². The van der Waals surface area contributed by atoms with Gasteiger partial charge in [0.15, 0.2) is 0 Å². The molecule has 0 unspecified atom stereocenters. The number of carbonyl (C=O) groups excluding carboxylic acids is 2. The van der Waals surface area contributed by atoms with Crippen molar-refractivity contribution in [3.05, 3.63) is 96.3 Å². The number of carbonyl (C=O) groups is 2. The van der Waals surface area contributed by atoms with Gasteiger partial charge in [-0.1, -0.05) is 66.7 Å². The number of nitrogens with one attached hydrogen (secondary N) is 1. The van der Waals surface area contributed by atoms with Gasteiger partial charge in [0.05, 0.1) is 18.2 Å². The minimum Gasteiger partial charge on any atom is -0.468 e. The number of amides is 1. The van der Waals surface area contributed by atoms with Crippen molar-refractivity contribution < 1.29 is 19.1 Å². The first-order valence-corrected chi connectivity index (χ1v) is 11.3. The zero-order valence-electron chi connectivity index (χ0n) is 19.2. The maximum atomic E-state index is 12.2. The van der Waals surface area contributed by atoms with Crippen LogP contribution in [0.15, 0.2) is 85.2 Å². The molecule has 1 N–H and O–H groups in total. The molecule has 8 heteroatoms. The number of hydrogen-bond acceptors (Lipinski definition) is 6. The Bertz CT molecular complexity index is 1330. The molecule has 3 aromatic carbocycles. The van der Waals surface area contributed by atoms with E-state index in [-0.39, 0.29) is 18.5 Å². The van der Waals surface area contributed by atoms with Crippen molar-refractivity contribution in [3.8, 4) is 16.8 Å². The Kier molecular flexibility index (Phi) is 6.01. The predicted molar refractivity (Wildman–Crippen MR) is 130 cm³/mol. The van der Waals surface area contributed by atoms with Gasteiger partial charge < -0.3 is 9.47 Å². The fourth-order valence-corrected chi connectivity index (χ4v) is 4.09. The maximum absolute atomic E-state index is 12.2. The minimum absolute atomic E-state index is 0.162. The van der Waals surface area contributed by atoms with Gasteiger partial charge in [0, 0.05) is 0 Å². The van der Waals surface area contributed by atoms with Gasteiger partial charge in [-0.15, -0.1) is 10.2 Å². The van der Waals surface area contributed by atoms with Gasteiger partial charge in [-0.3, -0.25) is 14.7 Å². The van der Waals surface area contributed by atoms with Crippen molar-refractivity contribution in [1.82, 2.24) is 14.8 Å². The summed E-state index contributed by atoms with van der Waals surface area (Å²) >= 11 is 0. The summed E-state index contributed by atoms with van der Waals surface area (Å²) in [5, 5.41) is 10.5. The average molecular weight is 469 g/mol. The van der Waals surface area contributed by atoms with Crippen LogP contribution in [0.3, 0.4) is 0 Å².